The van der Waals surface area contributed by atoms with Crippen LogP contribution in [0.25, 0.3) is 0 Å². The number of nitrogens with one attached hydrogen (secondary N) is 2. The van der Waals surface area contributed by atoms with Gasteiger partial charge in [0.15, 0.2) is 5.75 Å². The second-order valence-corrected chi connectivity index (χ2v) is 14.0. The molecule has 1 aliphatic heterocycles. The van der Waals surface area contributed by atoms with Gasteiger partial charge in [0.2, 0.25) is 12.2 Å². The maximum absolute atomic E-state index is 14.5. The van der Waals surface area contributed by atoms with Crippen LogP contribution < -0.4 is 15.6 Å². The van der Waals surface area contributed by atoms with E-state index in [1.54, 1.807) is 30.9 Å². The minimum Gasteiger partial charge on any atom is -0.451 e. The third-order valence-corrected chi connectivity index (χ3v) is 10.5. The molecule has 2 aliphatic rings. The lowest BCUT2D eigenvalue weighted by molar-refractivity contribution is -0.186. The molecule has 0 bridgehead atoms. The number of carbonyl (C=O) groups excluding carboxylic acids is 4. The van der Waals surface area contributed by atoms with Crippen molar-refractivity contribution < 1.29 is 42.5 Å². The number of esters is 1. The molecule has 54 heavy (non-hydrogen) atoms. The smallest absolute Gasteiger partial charge is 0.451 e. The van der Waals surface area contributed by atoms with E-state index in [4.69, 9.17) is 18.9 Å². The van der Waals surface area contributed by atoms with E-state index in [0.717, 1.165) is 32.1 Å². The summed E-state index contributed by atoms with van der Waals surface area (Å²) in [5.74, 6) is -1.76. The van der Waals surface area contributed by atoms with E-state index in [2.05, 4.69) is 15.5 Å². The Bertz CT molecular complexity index is 1860. The number of carbonyl (C=O) groups is 4. The molecule has 3 aromatic rings. The van der Waals surface area contributed by atoms with Crippen LogP contribution in [0.15, 0.2) is 59.4 Å². The molecule has 1 saturated heterocycles. The number of aryl methyl sites for hydroxylation is 1. The Labute approximate surface area is 313 Å². The average molecular weight is 749 g/mol. The Morgan fingerprint density at radius 3 is 2.33 bits per heavy atom. The molecule has 1 aromatic heterocycles. The van der Waals surface area contributed by atoms with Crippen molar-refractivity contribution in [3.8, 4) is 11.5 Å². The fourth-order valence-corrected chi connectivity index (χ4v) is 7.55. The quantitative estimate of drug-likeness (QED) is 0.137. The van der Waals surface area contributed by atoms with Crippen LogP contribution in [0.5, 0.6) is 11.5 Å². The van der Waals surface area contributed by atoms with Crippen LogP contribution in [0.1, 0.15) is 113 Å². The molecule has 2 N–H and O–H groups in total. The highest BCUT2D eigenvalue weighted by molar-refractivity contribution is 5.97. The van der Waals surface area contributed by atoms with E-state index in [0.29, 0.717) is 29.8 Å². The summed E-state index contributed by atoms with van der Waals surface area (Å²) in [6.45, 7) is 8.36. The van der Waals surface area contributed by atoms with Crippen LogP contribution in [0.4, 0.5) is 9.18 Å². The molecule has 5 rings (SSSR count). The topological polar surface area (TPSA) is 166 Å². The number of amides is 2. The molecule has 4 atom stereocenters. The van der Waals surface area contributed by atoms with Gasteiger partial charge in [-0.1, -0.05) is 32.4 Å². The first kappa shape index (κ1) is 39.9. The van der Waals surface area contributed by atoms with Gasteiger partial charge in [-0.15, -0.1) is 0 Å². The van der Waals surface area contributed by atoms with Crippen LogP contribution in [0.2, 0.25) is 0 Å². The number of H-pyrrole nitrogens is 1. The van der Waals surface area contributed by atoms with Crippen molar-refractivity contribution in [3.63, 3.8) is 0 Å². The summed E-state index contributed by atoms with van der Waals surface area (Å²) in [6, 6.07) is 11.2. The first-order valence-electron chi connectivity index (χ1n) is 18.7. The molecule has 1 aliphatic carbocycles. The van der Waals surface area contributed by atoms with Gasteiger partial charge in [-0.25, -0.2) is 14.3 Å². The number of ether oxygens (including phenoxy) is 4. The van der Waals surface area contributed by atoms with Crippen molar-refractivity contribution in [2.75, 3.05) is 0 Å². The zero-order valence-electron chi connectivity index (χ0n) is 31.4. The highest BCUT2D eigenvalue weighted by Crippen LogP contribution is 2.48. The lowest BCUT2D eigenvalue weighted by Crippen LogP contribution is -2.56. The van der Waals surface area contributed by atoms with E-state index in [9.17, 15) is 28.4 Å². The first-order valence-corrected chi connectivity index (χ1v) is 18.7. The average Bonchev–Trinajstić information content (AvgIpc) is 3.59. The summed E-state index contributed by atoms with van der Waals surface area (Å²) >= 11 is 0. The Balaban J connectivity index is 1.33. The van der Waals surface area contributed by atoms with Crippen molar-refractivity contribution in [3.05, 3.63) is 87.6 Å². The Morgan fingerprint density at radius 2 is 1.67 bits per heavy atom. The van der Waals surface area contributed by atoms with Crippen LogP contribution >= 0.6 is 0 Å². The largest absolute Gasteiger partial charge is 0.511 e. The molecular weight excluding hydrogens is 699 g/mol. The Kier molecular flexibility index (Phi) is 13.1. The minimum atomic E-state index is -1.25. The number of aromatic nitrogens is 2. The van der Waals surface area contributed by atoms with E-state index < -0.39 is 65.1 Å². The van der Waals surface area contributed by atoms with Gasteiger partial charge in [0.1, 0.15) is 23.7 Å². The number of halogens is 1. The molecule has 0 radical (unpaired) electrons. The molecular formula is C40H49FN4O9. The van der Waals surface area contributed by atoms with Crippen LogP contribution in [-0.4, -0.2) is 63.5 Å². The predicted molar refractivity (Wildman–Crippen MR) is 195 cm³/mol. The van der Waals surface area contributed by atoms with Gasteiger partial charge in [0.25, 0.3) is 5.91 Å². The molecule has 1 saturated carbocycles. The number of aromatic amines is 1. The minimum absolute atomic E-state index is 0.0465. The van der Waals surface area contributed by atoms with E-state index in [1.165, 1.54) is 49.4 Å². The van der Waals surface area contributed by atoms with Gasteiger partial charge in [-0.2, -0.15) is 5.10 Å². The van der Waals surface area contributed by atoms with E-state index in [-0.39, 0.29) is 30.3 Å². The molecule has 290 valence electrons. The SMILES string of the molecule is CCC(CC)(C(=O)OC(C)OC(=O)OC1CCCCC1)[C@H]1CC[C@@H](c2cccc(F)c2)N1C(=O)[C@@H](C)NC(=O)c1ccc(Oc2cc(C)n[nH]c2=O)cc1. The van der Waals surface area contributed by atoms with Crippen molar-refractivity contribution in [2.45, 2.75) is 123 Å². The fraction of sp³-hybridized carbons (Fsp3) is 0.500. The van der Waals surface area contributed by atoms with Gasteiger partial charge in [0.05, 0.1) is 17.2 Å². The van der Waals surface area contributed by atoms with E-state index in [1.807, 2.05) is 13.8 Å². The maximum atomic E-state index is 14.5. The zero-order chi connectivity index (χ0) is 39.0. The number of likely N-dealkylation sites (tertiary alicyclic amines) is 1. The van der Waals surface area contributed by atoms with Crippen LogP contribution in [0, 0.1) is 18.2 Å². The molecule has 2 amide bonds. The van der Waals surface area contributed by atoms with Crippen molar-refractivity contribution in [1.29, 1.82) is 0 Å². The Morgan fingerprint density at radius 1 is 0.963 bits per heavy atom. The third kappa shape index (κ3) is 9.26. The summed E-state index contributed by atoms with van der Waals surface area (Å²) in [5.41, 5.74) is -0.386. The Hall–Kier alpha value is -5.27. The van der Waals surface area contributed by atoms with Crippen LogP contribution in [-0.2, 0) is 23.8 Å². The molecule has 1 unspecified atom stereocenters. The highest BCUT2D eigenvalue weighted by Gasteiger charge is 2.54. The number of benzene rings is 2. The summed E-state index contributed by atoms with van der Waals surface area (Å²) in [7, 11) is 0. The lowest BCUT2D eigenvalue weighted by Gasteiger charge is -2.43. The summed E-state index contributed by atoms with van der Waals surface area (Å²) in [4.78, 5) is 68.2. The number of nitrogens with zero attached hydrogens (tertiary/aromatic N) is 2. The molecule has 14 heteroatoms. The fourth-order valence-electron chi connectivity index (χ4n) is 7.55. The van der Waals surface area contributed by atoms with Crippen molar-refractivity contribution in [1.82, 2.24) is 20.4 Å². The van der Waals surface area contributed by atoms with Gasteiger partial charge in [-0.05, 0) is 107 Å². The van der Waals surface area contributed by atoms with E-state index >= 15 is 0 Å². The monoisotopic (exact) mass is 748 g/mol. The molecule has 2 fully saturated rings. The normalized spacial score (nSPS) is 18.7. The predicted octanol–water partition coefficient (Wildman–Crippen LogP) is 7.04. The second-order valence-electron chi connectivity index (χ2n) is 14.0. The summed E-state index contributed by atoms with van der Waals surface area (Å²) < 4.78 is 36.7. The number of hydrogen-bond donors (Lipinski definition) is 2. The van der Waals surface area contributed by atoms with Crippen molar-refractivity contribution >= 4 is 23.9 Å². The van der Waals surface area contributed by atoms with Gasteiger partial charge >= 0.3 is 17.7 Å². The standard InChI is InChI=1S/C40H49FN4O9/c1-6-40(7-2,38(49)51-26(5)52-39(50)54-30-14-9-8-10-15-30)34-21-20-32(28-12-11-13-29(41)23-28)45(34)37(48)25(4)42-35(46)27-16-18-31(19-17-27)53-33-22-24(3)43-44-36(33)47/h11-13,16-19,22-23,25-26,30,32,34H,6-10,14-15,20-21H2,1-5H3,(H,42,46)(H,44,47)/t25-,26?,32+,34-/m1/s1. The molecule has 0 spiro atoms. The van der Waals surface area contributed by atoms with Crippen molar-refractivity contribution in [2.24, 2.45) is 5.41 Å². The lowest BCUT2D eigenvalue weighted by atomic mass is 9.74. The maximum Gasteiger partial charge on any atom is 0.511 e. The zero-order valence-corrected chi connectivity index (χ0v) is 31.4. The summed E-state index contributed by atoms with van der Waals surface area (Å²) in [6.07, 6.45) is 3.53. The van der Waals surface area contributed by atoms with Gasteiger partial charge in [0, 0.05) is 24.6 Å². The number of hydrogen-bond acceptors (Lipinski definition) is 10. The first-order chi connectivity index (χ1) is 25.8. The molecule has 2 aromatic carbocycles. The van der Waals surface area contributed by atoms with Gasteiger partial charge < -0.3 is 29.2 Å². The second kappa shape index (κ2) is 17.7. The number of rotatable bonds is 13. The van der Waals surface area contributed by atoms with Gasteiger partial charge in [-0.3, -0.25) is 19.2 Å². The highest BCUT2D eigenvalue weighted by atomic mass is 19.1. The molecule has 13 nitrogen and oxygen atoms in total. The van der Waals surface area contributed by atoms with Crippen LogP contribution in [0.3, 0.4) is 0 Å². The third-order valence-electron chi connectivity index (χ3n) is 10.5. The summed E-state index contributed by atoms with van der Waals surface area (Å²) in [5, 5.41) is 8.94. The molecule has 2 heterocycles.